The van der Waals surface area contributed by atoms with Gasteiger partial charge in [0, 0.05) is 0 Å². The highest BCUT2D eigenvalue weighted by atomic mass is 35.5. The van der Waals surface area contributed by atoms with Gasteiger partial charge in [-0.25, -0.2) is 0 Å². The molecule has 5 nitrogen and oxygen atoms in total. The van der Waals surface area contributed by atoms with Crippen molar-refractivity contribution < 1.29 is 4.74 Å². The lowest BCUT2D eigenvalue weighted by atomic mass is 10.5. The van der Waals surface area contributed by atoms with Gasteiger partial charge in [-0.2, -0.15) is 15.0 Å². The molecule has 0 saturated heterocycles. The number of halogens is 1. The summed E-state index contributed by atoms with van der Waals surface area (Å²) in [6.07, 6.45) is 5.96. The summed E-state index contributed by atoms with van der Waals surface area (Å²) in [7, 11) is 0. The molecule has 0 saturated carbocycles. The standard InChI is InChI=1S/C9H11ClN4O/c1-3-5-11-8-12-7(10)13-9(14-8)15-6-4-2/h1H,4-6H2,2H3,(H,11,12,13,14). The van der Waals surface area contributed by atoms with E-state index in [0.29, 0.717) is 19.1 Å². The predicted octanol–water partition coefficient (Wildman–Crippen LogP) is 1.36. The molecule has 1 aromatic heterocycles. The Kier molecular flexibility index (Phi) is 4.64. The Hall–Kier alpha value is -1.54. The molecule has 6 heteroatoms. The number of anilines is 1. The minimum atomic E-state index is 0.0793. The average Bonchev–Trinajstić information content (AvgIpc) is 2.23. The first-order valence-corrected chi connectivity index (χ1v) is 4.85. The van der Waals surface area contributed by atoms with Crippen LogP contribution in [-0.4, -0.2) is 28.1 Å². The van der Waals surface area contributed by atoms with Gasteiger partial charge >= 0.3 is 6.01 Å². The second kappa shape index (κ2) is 6.04. The van der Waals surface area contributed by atoms with Gasteiger partial charge in [0.2, 0.25) is 11.2 Å². The van der Waals surface area contributed by atoms with E-state index in [-0.39, 0.29) is 11.3 Å². The van der Waals surface area contributed by atoms with Crippen LogP contribution in [0.3, 0.4) is 0 Å². The zero-order valence-corrected chi connectivity index (χ0v) is 9.08. The molecule has 15 heavy (non-hydrogen) atoms. The maximum absolute atomic E-state index is 5.67. The van der Waals surface area contributed by atoms with Crippen molar-refractivity contribution >= 4 is 17.5 Å². The SMILES string of the molecule is C#CCNc1nc(Cl)nc(OCCC)n1. The normalized spacial score (nSPS) is 9.40. The number of rotatable bonds is 5. The van der Waals surface area contributed by atoms with Gasteiger partial charge < -0.3 is 10.1 Å². The van der Waals surface area contributed by atoms with Crippen LogP contribution >= 0.6 is 11.6 Å². The number of terminal acetylenes is 1. The molecule has 0 radical (unpaired) electrons. The quantitative estimate of drug-likeness (QED) is 0.769. The molecular weight excluding hydrogens is 216 g/mol. The molecule has 0 aromatic carbocycles. The van der Waals surface area contributed by atoms with Crippen LogP contribution in [-0.2, 0) is 0 Å². The predicted molar refractivity (Wildman–Crippen MR) is 57.9 cm³/mol. The molecule has 1 aromatic rings. The molecule has 1 heterocycles. The Labute approximate surface area is 93.2 Å². The third-order valence-electron chi connectivity index (χ3n) is 1.37. The summed E-state index contributed by atoms with van der Waals surface area (Å²) in [5.41, 5.74) is 0. The Balaban J connectivity index is 2.71. The van der Waals surface area contributed by atoms with Crippen molar-refractivity contribution in [3.63, 3.8) is 0 Å². The molecule has 1 N–H and O–H groups in total. The van der Waals surface area contributed by atoms with Gasteiger partial charge in [0.15, 0.2) is 0 Å². The van der Waals surface area contributed by atoms with Crippen molar-refractivity contribution in [1.29, 1.82) is 0 Å². The van der Waals surface area contributed by atoms with Gasteiger partial charge in [-0.3, -0.25) is 0 Å². The molecule has 0 unspecified atom stereocenters. The van der Waals surface area contributed by atoms with E-state index in [0.717, 1.165) is 6.42 Å². The van der Waals surface area contributed by atoms with Gasteiger partial charge in [0.1, 0.15) is 0 Å². The fraction of sp³-hybridized carbons (Fsp3) is 0.444. The van der Waals surface area contributed by atoms with Crippen LogP contribution in [0.4, 0.5) is 5.95 Å². The van der Waals surface area contributed by atoms with Crippen LogP contribution < -0.4 is 10.1 Å². The van der Waals surface area contributed by atoms with Crippen molar-refractivity contribution in [2.24, 2.45) is 0 Å². The van der Waals surface area contributed by atoms with Crippen LogP contribution in [0.1, 0.15) is 13.3 Å². The minimum Gasteiger partial charge on any atom is -0.463 e. The number of nitrogens with zero attached hydrogens (tertiary/aromatic N) is 3. The van der Waals surface area contributed by atoms with Crippen molar-refractivity contribution in [3.8, 4) is 18.4 Å². The molecule has 0 fully saturated rings. The first kappa shape index (κ1) is 11.5. The van der Waals surface area contributed by atoms with Crippen molar-refractivity contribution in [2.75, 3.05) is 18.5 Å². The van der Waals surface area contributed by atoms with Crippen molar-refractivity contribution in [3.05, 3.63) is 5.28 Å². The van der Waals surface area contributed by atoms with E-state index in [1.54, 1.807) is 0 Å². The number of nitrogens with one attached hydrogen (secondary N) is 1. The molecule has 0 amide bonds. The molecule has 0 aliphatic carbocycles. The van der Waals surface area contributed by atoms with E-state index >= 15 is 0 Å². The van der Waals surface area contributed by atoms with E-state index in [4.69, 9.17) is 22.8 Å². The van der Waals surface area contributed by atoms with Crippen LogP contribution in [0.25, 0.3) is 0 Å². The summed E-state index contributed by atoms with van der Waals surface area (Å²) >= 11 is 5.67. The lowest BCUT2D eigenvalue weighted by Crippen LogP contribution is -2.07. The molecular formula is C9H11ClN4O. The highest BCUT2D eigenvalue weighted by molar-refractivity contribution is 6.28. The molecule has 0 aliphatic heterocycles. The van der Waals surface area contributed by atoms with Gasteiger partial charge in [0.05, 0.1) is 13.2 Å². The van der Waals surface area contributed by atoms with E-state index in [9.17, 15) is 0 Å². The third-order valence-corrected chi connectivity index (χ3v) is 1.54. The molecule has 0 atom stereocenters. The van der Waals surface area contributed by atoms with Gasteiger partial charge in [-0.05, 0) is 18.0 Å². The number of ether oxygens (including phenoxy) is 1. The van der Waals surface area contributed by atoms with Crippen molar-refractivity contribution in [2.45, 2.75) is 13.3 Å². The van der Waals surface area contributed by atoms with E-state index in [1.165, 1.54) is 0 Å². The lowest BCUT2D eigenvalue weighted by molar-refractivity contribution is 0.292. The molecule has 1 rings (SSSR count). The summed E-state index contributed by atoms with van der Waals surface area (Å²) in [4.78, 5) is 11.6. The molecule has 0 spiro atoms. The van der Waals surface area contributed by atoms with Gasteiger partial charge in [0.25, 0.3) is 0 Å². The van der Waals surface area contributed by atoms with Crippen LogP contribution in [0.15, 0.2) is 0 Å². The maximum Gasteiger partial charge on any atom is 0.322 e. The maximum atomic E-state index is 5.67. The fourth-order valence-corrected chi connectivity index (χ4v) is 0.951. The van der Waals surface area contributed by atoms with Gasteiger partial charge in [-0.15, -0.1) is 6.42 Å². The monoisotopic (exact) mass is 226 g/mol. The summed E-state index contributed by atoms with van der Waals surface area (Å²) < 4.78 is 5.22. The largest absolute Gasteiger partial charge is 0.463 e. The number of aromatic nitrogens is 3. The highest BCUT2D eigenvalue weighted by Gasteiger charge is 2.04. The van der Waals surface area contributed by atoms with Crippen LogP contribution in [0.2, 0.25) is 5.28 Å². The first-order valence-electron chi connectivity index (χ1n) is 4.48. The lowest BCUT2D eigenvalue weighted by Gasteiger charge is -2.04. The second-order valence-electron chi connectivity index (χ2n) is 2.62. The van der Waals surface area contributed by atoms with Gasteiger partial charge in [-0.1, -0.05) is 12.8 Å². The third kappa shape index (κ3) is 4.00. The zero-order chi connectivity index (χ0) is 11.1. The number of hydrogen-bond donors (Lipinski definition) is 1. The van der Waals surface area contributed by atoms with Crippen molar-refractivity contribution in [1.82, 2.24) is 15.0 Å². The Morgan fingerprint density at radius 3 is 2.93 bits per heavy atom. The second-order valence-corrected chi connectivity index (χ2v) is 2.95. The van der Waals surface area contributed by atoms with E-state index in [1.807, 2.05) is 6.92 Å². The molecule has 0 aliphatic rings. The summed E-state index contributed by atoms with van der Waals surface area (Å²) in [5.74, 6) is 2.72. The summed E-state index contributed by atoms with van der Waals surface area (Å²) in [6.45, 7) is 2.85. The first-order chi connectivity index (χ1) is 7.26. The highest BCUT2D eigenvalue weighted by Crippen LogP contribution is 2.11. The Morgan fingerprint density at radius 1 is 1.47 bits per heavy atom. The summed E-state index contributed by atoms with van der Waals surface area (Å²) in [6, 6.07) is 0.205. The molecule has 0 bridgehead atoms. The van der Waals surface area contributed by atoms with Crippen LogP contribution in [0.5, 0.6) is 6.01 Å². The Morgan fingerprint density at radius 2 is 2.27 bits per heavy atom. The van der Waals surface area contributed by atoms with E-state index < -0.39 is 0 Å². The van der Waals surface area contributed by atoms with E-state index in [2.05, 4.69) is 26.2 Å². The fourth-order valence-electron chi connectivity index (χ4n) is 0.799. The zero-order valence-electron chi connectivity index (χ0n) is 8.33. The topological polar surface area (TPSA) is 59.9 Å². The smallest absolute Gasteiger partial charge is 0.322 e. The van der Waals surface area contributed by atoms with Crippen LogP contribution in [0, 0.1) is 12.3 Å². The molecule has 80 valence electrons. The number of hydrogen-bond acceptors (Lipinski definition) is 5. The summed E-state index contributed by atoms with van der Waals surface area (Å²) in [5, 5.41) is 2.87. The average molecular weight is 227 g/mol. The minimum absolute atomic E-state index is 0.0793. The Bertz CT molecular complexity index is 364.